The van der Waals surface area contributed by atoms with Gasteiger partial charge in [-0.05, 0) is 11.5 Å². The van der Waals surface area contributed by atoms with Crippen molar-refractivity contribution in [1.29, 1.82) is 0 Å². The zero-order valence-electron chi connectivity index (χ0n) is 13.3. The Morgan fingerprint density at radius 2 is 1.19 bits per heavy atom. The number of fused-ring (bicyclic) bond motifs is 1. The zero-order valence-corrected chi connectivity index (χ0v) is 17.0. The quantitative estimate of drug-likeness (QED) is 0.349. The third kappa shape index (κ3) is 9.26. The van der Waals surface area contributed by atoms with Crippen molar-refractivity contribution in [2.75, 3.05) is 0 Å². The summed E-state index contributed by atoms with van der Waals surface area (Å²) in [6, 6.07) is 11.8. The summed E-state index contributed by atoms with van der Waals surface area (Å²) < 4.78 is 62.5. The van der Waals surface area contributed by atoms with Crippen LogP contribution in [0.2, 0.25) is 0 Å². The Balaban J connectivity index is -0.000000179. The molecule has 0 radical (unpaired) electrons. The Morgan fingerprint density at radius 3 is 1.67 bits per heavy atom. The summed E-state index contributed by atoms with van der Waals surface area (Å²) in [4.78, 5) is -0.0457. The number of benzene rings is 2. The standard InChI is InChI=1S/C10H8O3S.2Na.H2O4S.2H/c11-14(12,13)10-7-3-5-8-4-1-2-6-9(8)10;;;1-5(2,3)4;;/h1-7H,(H,11,12,13);;;(H2,1,2,3,4);;/q;2*+1;;2*-1. The van der Waals surface area contributed by atoms with Gasteiger partial charge in [-0.15, -0.1) is 0 Å². The van der Waals surface area contributed by atoms with E-state index in [9.17, 15) is 8.42 Å². The summed E-state index contributed by atoms with van der Waals surface area (Å²) in [6.45, 7) is 0. The zero-order chi connectivity index (χ0) is 14.7. The van der Waals surface area contributed by atoms with Gasteiger partial charge in [-0.3, -0.25) is 13.7 Å². The van der Waals surface area contributed by atoms with E-state index in [2.05, 4.69) is 0 Å². The minimum Gasteiger partial charge on any atom is -1.00 e. The Morgan fingerprint density at radius 1 is 0.762 bits per heavy atom. The molecular weight excluding hydrogens is 342 g/mol. The van der Waals surface area contributed by atoms with E-state index in [1.165, 1.54) is 6.07 Å². The van der Waals surface area contributed by atoms with Gasteiger partial charge in [0.1, 0.15) is 4.90 Å². The molecule has 0 aliphatic carbocycles. The monoisotopic (exact) mass is 354 g/mol. The predicted octanol–water partition coefficient (Wildman–Crippen LogP) is -4.33. The van der Waals surface area contributed by atoms with Crippen molar-refractivity contribution in [1.82, 2.24) is 0 Å². The fraction of sp³-hybridized carbons (Fsp3) is 0. The first-order valence-electron chi connectivity index (χ1n) is 4.74. The van der Waals surface area contributed by atoms with Gasteiger partial charge in [-0.25, -0.2) is 0 Å². The van der Waals surface area contributed by atoms with E-state index in [0.29, 0.717) is 5.39 Å². The van der Waals surface area contributed by atoms with Crippen LogP contribution < -0.4 is 59.1 Å². The van der Waals surface area contributed by atoms with Crippen molar-refractivity contribution < 1.29 is 92.5 Å². The van der Waals surface area contributed by atoms with Crippen LogP contribution in [0.3, 0.4) is 0 Å². The van der Waals surface area contributed by atoms with Crippen LogP contribution in [0.15, 0.2) is 47.4 Å². The second-order valence-corrected chi connectivity index (χ2v) is 5.69. The summed E-state index contributed by atoms with van der Waals surface area (Å²) in [7, 11) is -8.80. The van der Waals surface area contributed by atoms with Gasteiger partial charge in [0.15, 0.2) is 0 Å². The van der Waals surface area contributed by atoms with E-state index in [0.717, 1.165) is 5.39 Å². The van der Waals surface area contributed by atoms with Crippen molar-refractivity contribution in [3.63, 3.8) is 0 Å². The molecule has 0 saturated carbocycles. The summed E-state index contributed by atoms with van der Waals surface area (Å²) in [5.74, 6) is 0. The minimum atomic E-state index is -4.67. The largest absolute Gasteiger partial charge is 1.00 e. The average molecular weight is 354 g/mol. The van der Waals surface area contributed by atoms with Crippen LogP contribution in [0.4, 0.5) is 0 Å². The number of hydrogen-bond acceptors (Lipinski definition) is 4. The van der Waals surface area contributed by atoms with Gasteiger partial charge >= 0.3 is 69.5 Å². The molecule has 0 aliphatic rings. The van der Waals surface area contributed by atoms with Crippen LogP contribution >= 0.6 is 0 Å². The smallest absolute Gasteiger partial charge is 1.00 e. The SMILES string of the molecule is O=S(=O)(O)O.O=S(=O)(O)c1cccc2ccccc12.[H-].[H-].[Na+].[Na+]. The molecule has 7 nitrogen and oxygen atoms in total. The summed E-state index contributed by atoms with van der Waals surface area (Å²) in [5.41, 5.74) is 0. The average Bonchev–Trinajstić information content (AvgIpc) is 2.25. The van der Waals surface area contributed by atoms with Gasteiger partial charge in [-0.1, -0.05) is 36.4 Å². The maximum Gasteiger partial charge on any atom is 1.00 e. The van der Waals surface area contributed by atoms with Gasteiger partial charge in [0, 0.05) is 5.39 Å². The molecule has 0 atom stereocenters. The maximum atomic E-state index is 11.0. The molecule has 0 aromatic heterocycles. The molecule has 11 heteroatoms. The van der Waals surface area contributed by atoms with Crippen LogP contribution in [0.25, 0.3) is 10.8 Å². The molecular formula is C10H12Na2O7S2. The third-order valence-electron chi connectivity index (χ3n) is 2.03. The van der Waals surface area contributed by atoms with E-state index in [-0.39, 0.29) is 66.9 Å². The first kappa shape index (κ1) is 23.7. The van der Waals surface area contributed by atoms with E-state index in [1.54, 1.807) is 30.3 Å². The van der Waals surface area contributed by atoms with E-state index in [4.69, 9.17) is 22.1 Å². The Labute approximate surface area is 169 Å². The van der Waals surface area contributed by atoms with Gasteiger partial charge in [0.2, 0.25) is 0 Å². The molecule has 0 spiro atoms. The van der Waals surface area contributed by atoms with Crippen molar-refractivity contribution in [3.05, 3.63) is 42.5 Å². The number of hydrogen-bond donors (Lipinski definition) is 3. The molecule has 0 bridgehead atoms. The van der Waals surface area contributed by atoms with Crippen molar-refractivity contribution in [2.24, 2.45) is 0 Å². The molecule has 0 fully saturated rings. The molecule has 0 unspecified atom stereocenters. The molecule has 0 saturated heterocycles. The predicted molar refractivity (Wildman–Crippen MR) is 70.2 cm³/mol. The van der Waals surface area contributed by atoms with Crippen molar-refractivity contribution in [3.8, 4) is 0 Å². The first-order valence-corrected chi connectivity index (χ1v) is 7.58. The Kier molecular flexibility index (Phi) is 10.8. The molecule has 3 N–H and O–H groups in total. The Bertz CT molecular complexity index is 784. The molecule has 2 rings (SSSR count). The van der Waals surface area contributed by atoms with Crippen molar-refractivity contribution in [2.45, 2.75) is 4.90 Å². The minimum absolute atomic E-state index is 0. The molecule has 0 aliphatic heterocycles. The molecule has 108 valence electrons. The molecule has 2 aromatic rings. The molecule has 0 heterocycles. The summed E-state index contributed by atoms with van der Waals surface area (Å²) in [5, 5.41) is 1.33. The second-order valence-electron chi connectivity index (χ2n) is 3.40. The van der Waals surface area contributed by atoms with Crippen LogP contribution in [0.1, 0.15) is 2.85 Å². The summed E-state index contributed by atoms with van der Waals surface area (Å²) >= 11 is 0. The van der Waals surface area contributed by atoms with E-state index >= 15 is 0 Å². The summed E-state index contributed by atoms with van der Waals surface area (Å²) in [6.07, 6.45) is 0. The maximum absolute atomic E-state index is 11.0. The first-order chi connectivity index (χ1) is 8.59. The third-order valence-corrected chi connectivity index (χ3v) is 2.94. The fourth-order valence-electron chi connectivity index (χ4n) is 1.42. The van der Waals surface area contributed by atoms with Gasteiger partial charge < -0.3 is 2.85 Å². The molecule has 21 heavy (non-hydrogen) atoms. The van der Waals surface area contributed by atoms with Gasteiger partial charge in [0.25, 0.3) is 10.1 Å². The molecule has 2 aromatic carbocycles. The van der Waals surface area contributed by atoms with Crippen LogP contribution in [-0.2, 0) is 20.5 Å². The van der Waals surface area contributed by atoms with Gasteiger partial charge in [-0.2, -0.15) is 16.8 Å². The second kappa shape index (κ2) is 9.58. The normalized spacial score (nSPS) is 10.6. The Hall–Kier alpha value is 0.480. The molecule has 0 amide bonds. The topological polar surface area (TPSA) is 129 Å². The van der Waals surface area contributed by atoms with Crippen LogP contribution in [-0.4, -0.2) is 30.5 Å². The van der Waals surface area contributed by atoms with Gasteiger partial charge in [0.05, 0.1) is 0 Å². The van der Waals surface area contributed by atoms with E-state index < -0.39 is 20.5 Å². The van der Waals surface area contributed by atoms with Crippen LogP contribution in [0.5, 0.6) is 0 Å². The number of rotatable bonds is 1. The van der Waals surface area contributed by atoms with E-state index in [1.807, 2.05) is 6.07 Å². The fourth-order valence-corrected chi connectivity index (χ4v) is 2.13. The van der Waals surface area contributed by atoms with Crippen LogP contribution in [0, 0.1) is 0 Å². The van der Waals surface area contributed by atoms with Crippen molar-refractivity contribution >= 4 is 31.3 Å².